The van der Waals surface area contributed by atoms with Gasteiger partial charge in [0.1, 0.15) is 5.03 Å². The minimum Gasteiger partial charge on any atom is -0.353 e. The minimum atomic E-state index is -0.374. The Labute approximate surface area is 141 Å². The van der Waals surface area contributed by atoms with E-state index in [1.807, 2.05) is 19.1 Å². The van der Waals surface area contributed by atoms with E-state index in [9.17, 15) is 9.59 Å². The Kier molecular flexibility index (Phi) is 5.20. The van der Waals surface area contributed by atoms with Gasteiger partial charge < -0.3 is 10.2 Å². The molecule has 0 saturated heterocycles. The maximum absolute atomic E-state index is 12.6. The third-order valence-electron chi connectivity index (χ3n) is 4.49. The van der Waals surface area contributed by atoms with E-state index in [0.29, 0.717) is 6.54 Å². The first-order chi connectivity index (χ1) is 11.2. The molecular weight excluding hydrogens is 310 g/mol. The zero-order valence-corrected chi connectivity index (χ0v) is 14.3. The van der Waals surface area contributed by atoms with Gasteiger partial charge in [0, 0.05) is 25.2 Å². The zero-order valence-electron chi connectivity index (χ0n) is 13.5. The molecule has 1 aliphatic heterocycles. The number of nitrogens with zero attached hydrogens (tertiary/aromatic N) is 2. The van der Waals surface area contributed by atoms with Gasteiger partial charge in [-0.05, 0) is 31.9 Å². The maximum Gasteiger partial charge on any atom is 0.241 e. The van der Waals surface area contributed by atoms with E-state index in [4.69, 9.17) is 0 Å². The summed E-state index contributed by atoms with van der Waals surface area (Å²) in [6, 6.07) is 4.04. The van der Waals surface area contributed by atoms with Gasteiger partial charge in [0.2, 0.25) is 11.8 Å². The number of thioether (sulfide) groups is 1. The number of rotatable bonds is 4. The highest BCUT2D eigenvalue weighted by Crippen LogP contribution is 2.38. The summed E-state index contributed by atoms with van der Waals surface area (Å²) in [6.45, 7) is 2.54. The highest BCUT2D eigenvalue weighted by Gasteiger charge is 2.35. The summed E-state index contributed by atoms with van der Waals surface area (Å²) in [6.07, 6.45) is 7.70. The number of aromatic nitrogens is 1. The molecule has 1 aliphatic carbocycles. The van der Waals surface area contributed by atoms with Crippen LogP contribution in [0.25, 0.3) is 0 Å². The van der Waals surface area contributed by atoms with Crippen molar-refractivity contribution < 1.29 is 9.59 Å². The largest absolute Gasteiger partial charge is 0.353 e. The molecule has 0 spiro atoms. The van der Waals surface area contributed by atoms with Crippen molar-refractivity contribution in [1.82, 2.24) is 10.3 Å². The molecule has 23 heavy (non-hydrogen) atoms. The molecule has 1 N–H and O–H groups in total. The van der Waals surface area contributed by atoms with Crippen LogP contribution >= 0.6 is 11.8 Å². The molecule has 3 rings (SSSR count). The van der Waals surface area contributed by atoms with E-state index in [-0.39, 0.29) is 29.5 Å². The van der Waals surface area contributed by atoms with Gasteiger partial charge in [0.25, 0.3) is 0 Å². The van der Waals surface area contributed by atoms with Crippen LogP contribution in [0.5, 0.6) is 0 Å². The van der Waals surface area contributed by atoms with Crippen LogP contribution in [0.4, 0.5) is 5.69 Å². The summed E-state index contributed by atoms with van der Waals surface area (Å²) in [5.74, 6) is -0.00465. The fraction of sp³-hybridized carbons (Fsp3) is 0.588. The summed E-state index contributed by atoms with van der Waals surface area (Å²) in [7, 11) is 0. The number of hydrogen-bond donors (Lipinski definition) is 1. The summed E-state index contributed by atoms with van der Waals surface area (Å²) in [5.41, 5.74) is 0.855. The van der Waals surface area contributed by atoms with E-state index >= 15 is 0 Å². The van der Waals surface area contributed by atoms with Crippen molar-refractivity contribution in [3.8, 4) is 0 Å². The Morgan fingerprint density at radius 1 is 1.39 bits per heavy atom. The van der Waals surface area contributed by atoms with Crippen molar-refractivity contribution in [1.29, 1.82) is 0 Å². The molecule has 0 bridgehead atoms. The summed E-state index contributed by atoms with van der Waals surface area (Å²) in [4.78, 5) is 31.1. The molecule has 1 fully saturated rings. The maximum atomic E-state index is 12.6. The first-order valence-corrected chi connectivity index (χ1v) is 9.29. The van der Waals surface area contributed by atoms with Gasteiger partial charge in [-0.3, -0.25) is 9.59 Å². The van der Waals surface area contributed by atoms with Crippen molar-refractivity contribution in [2.24, 2.45) is 0 Å². The highest BCUT2D eigenvalue weighted by atomic mass is 32.2. The third-order valence-corrected chi connectivity index (χ3v) is 5.69. The number of hydrogen-bond acceptors (Lipinski definition) is 4. The lowest BCUT2D eigenvalue weighted by Crippen LogP contribution is -2.44. The fourth-order valence-corrected chi connectivity index (χ4v) is 4.47. The molecule has 1 aromatic rings. The van der Waals surface area contributed by atoms with Crippen molar-refractivity contribution in [3.05, 3.63) is 18.3 Å². The lowest BCUT2D eigenvalue weighted by molar-refractivity contribution is -0.125. The number of fused-ring (bicyclic) bond motifs is 1. The van der Waals surface area contributed by atoms with Crippen LogP contribution in [0.2, 0.25) is 0 Å². The van der Waals surface area contributed by atoms with Gasteiger partial charge in [-0.25, -0.2) is 4.98 Å². The number of carbonyl (C=O) groups excluding carboxylic acids is 2. The smallest absolute Gasteiger partial charge is 0.241 e. The molecule has 0 radical (unpaired) electrons. The van der Waals surface area contributed by atoms with E-state index in [0.717, 1.165) is 23.6 Å². The van der Waals surface area contributed by atoms with E-state index < -0.39 is 0 Å². The Morgan fingerprint density at radius 3 is 2.91 bits per heavy atom. The van der Waals surface area contributed by atoms with Gasteiger partial charge >= 0.3 is 0 Å². The Hall–Kier alpha value is -1.56. The average molecular weight is 333 g/mol. The van der Waals surface area contributed by atoms with Gasteiger partial charge in [-0.15, -0.1) is 0 Å². The Balaban J connectivity index is 1.66. The quantitative estimate of drug-likeness (QED) is 0.920. The topological polar surface area (TPSA) is 62.3 Å². The second-order valence-corrected chi connectivity index (χ2v) is 7.31. The van der Waals surface area contributed by atoms with Crippen LogP contribution in [-0.2, 0) is 9.59 Å². The second kappa shape index (κ2) is 7.34. The van der Waals surface area contributed by atoms with Crippen molar-refractivity contribution >= 4 is 29.3 Å². The molecule has 124 valence electrons. The molecule has 1 atom stereocenters. The average Bonchev–Trinajstić information content (AvgIpc) is 2.56. The van der Waals surface area contributed by atoms with Gasteiger partial charge in [0.05, 0.1) is 10.9 Å². The number of carbonyl (C=O) groups is 2. The Morgan fingerprint density at radius 2 is 2.17 bits per heavy atom. The van der Waals surface area contributed by atoms with Crippen LogP contribution in [0.1, 0.15) is 45.4 Å². The summed E-state index contributed by atoms with van der Waals surface area (Å²) in [5, 5.41) is 3.56. The number of pyridine rings is 1. The van der Waals surface area contributed by atoms with Crippen LogP contribution in [0.3, 0.4) is 0 Å². The predicted molar refractivity (Wildman–Crippen MR) is 91.5 cm³/mol. The molecule has 5 nitrogen and oxygen atoms in total. The molecule has 0 unspecified atom stereocenters. The summed E-state index contributed by atoms with van der Waals surface area (Å²) >= 11 is 1.41. The summed E-state index contributed by atoms with van der Waals surface area (Å²) < 4.78 is 0. The molecule has 1 saturated carbocycles. The highest BCUT2D eigenvalue weighted by molar-refractivity contribution is 8.00. The predicted octanol–water partition coefficient (Wildman–Crippen LogP) is 2.75. The number of amides is 2. The molecule has 0 aromatic carbocycles. The first-order valence-electron chi connectivity index (χ1n) is 8.41. The molecule has 6 heteroatoms. The number of anilines is 1. The van der Waals surface area contributed by atoms with Crippen LogP contribution in [0.15, 0.2) is 23.4 Å². The van der Waals surface area contributed by atoms with Crippen molar-refractivity contribution in [2.45, 2.75) is 61.8 Å². The lowest BCUT2D eigenvalue weighted by atomic mass is 9.95. The molecular formula is C17H23N3O2S. The monoisotopic (exact) mass is 333 g/mol. The van der Waals surface area contributed by atoms with Gasteiger partial charge in [0.15, 0.2) is 0 Å². The third kappa shape index (κ3) is 3.68. The molecule has 1 aromatic heterocycles. The standard InChI is InChI=1S/C17H23N3O2S/c1-2-20-13-9-6-10-18-16(13)23-14(17(20)22)11-15(21)19-12-7-4-3-5-8-12/h6,9-10,12,14H,2-5,7-8,11H2,1H3,(H,19,21)/t14-/m0/s1. The van der Waals surface area contributed by atoms with Gasteiger partial charge in [-0.2, -0.15) is 0 Å². The van der Waals surface area contributed by atoms with Crippen molar-refractivity contribution in [3.63, 3.8) is 0 Å². The second-order valence-electron chi connectivity index (χ2n) is 6.12. The van der Waals surface area contributed by atoms with E-state index in [2.05, 4.69) is 10.3 Å². The fourth-order valence-electron chi connectivity index (χ4n) is 3.31. The lowest BCUT2D eigenvalue weighted by Gasteiger charge is -2.32. The van der Waals surface area contributed by atoms with E-state index in [1.165, 1.54) is 31.0 Å². The number of nitrogens with one attached hydrogen (secondary N) is 1. The SMILES string of the molecule is CCN1C(=O)[C@H](CC(=O)NC2CCCCC2)Sc2ncccc21. The molecule has 2 heterocycles. The van der Waals surface area contributed by atoms with Crippen LogP contribution in [0, 0.1) is 0 Å². The zero-order chi connectivity index (χ0) is 16.2. The first kappa shape index (κ1) is 16.3. The normalized spacial score (nSPS) is 21.9. The minimum absolute atomic E-state index is 0.0109. The molecule has 2 amide bonds. The molecule has 2 aliphatic rings. The van der Waals surface area contributed by atoms with Crippen molar-refractivity contribution in [2.75, 3.05) is 11.4 Å². The van der Waals surface area contributed by atoms with Crippen LogP contribution in [-0.4, -0.2) is 34.6 Å². The van der Waals surface area contributed by atoms with E-state index in [1.54, 1.807) is 11.1 Å². The Bertz CT molecular complexity index is 587. The van der Waals surface area contributed by atoms with Crippen LogP contribution < -0.4 is 10.2 Å². The van der Waals surface area contributed by atoms with Gasteiger partial charge in [-0.1, -0.05) is 31.0 Å².